The number of amides is 1. The molecule has 1 aliphatic carbocycles. The van der Waals surface area contributed by atoms with Crippen molar-refractivity contribution in [3.63, 3.8) is 0 Å². The number of likely N-dealkylation sites (tertiary alicyclic amines) is 1. The zero-order valence-electron chi connectivity index (χ0n) is 14.7. The second-order valence-electron chi connectivity index (χ2n) is 7.00. The maximum absolute atomic E-state index is 13.0. The zero-order chi connectivity index (χ0) is 18.1. The Labute approximate surface area is 151 Å². The summed E-state index contributed by atoms with van der Waals surface area (Å²) < 4.78 is 1.55. The fourth-order valence-electron chi connectivity index (χ4n) is 4.11. The monoisotopic (exact) mass is 353 g/mol. The normalized spacial score (nSPS) is 20.3. The van der Waals surface area contributed by atoms with Gasteiger partial charge >= 0.3 is 0 Å². The van der Waals surface area contributed by atoms with Gasteiger partial charge in [0.2, 0.25) is 5.91 Å². The first-order valence-corrected chi connectivity index (χ1v) is 9.26. The molecule has 1 aromatic heterocycles. The molecule has 0 radical (unpaired) electrons. The third-order valence-corrected chi connectivity index (χ3v) is 5.41. The number of carbonyl (C=O) groups is 1. The molecule has 1 unspecified atom stereocenters. The third-order valence-electron chi connectivity index (χ3n) is 5.41. The first-order chi connectivity index (χ1) is 12.7. The van der Waals surface area contributed by atoms with Crippen LogP contribution in [0.5, 0.6) is 0 Å². The Morgan fingerprint density at radius 3 is 2.77 bits per heavy atom. The first kappa shape index (κ1) is 17.0. The quantitative estimate of drug-likeness (QED) is 0.854. The maximum atomic E-state index is 13.0. The van der Waals surface area contributed by atoms with Gasteiger partial charge < -0.3 is 10.0 Å². The number of aromatic nitrogens is 2. The third kappa shape index (κ3) is 2.84. The minimum Gasteiger partial charge on any atom is -0.395 e. The van der Waals surface area contributed by atoms with Crippen molar-refractivity contribution in [2.45, 2.75) is 38.3 Å². The Bertz CT molecular complexity index is 910. The summed E-state index contributed by atoms with van der Waals surface area (Å²) in [4.78, 5) is 32.5. The minimum atomic E-state index is -0.202. The van der Waals surface area contributed by atoms with Crippen LogP contribution in [0.15, 0.2) is 41.2 Å². The van der Waals surface area contributed by atoms with Crippen LogP contribution in [0.25, 0.3) is 10.9 Å². The molecule has 6 nitrogen and oxygen atoms in total. The molecule has 1 aliphatic heterocycles. The van der Waals surface area contributed by atoms with E-state index in [0.717, 1.165) is 25.7 Å². The van der Waals surface area contributed by atoms with Gasteiger partial charge in [-0.2, -0.15) is 0 Å². The number of allylic oxidation sites excluding steroid dienone is 2. The summed E-state index contributed by atoms with van der Waals surface area (Å²) >= 11 is 0. The number of para-hydroxylation sites is 1. The lowest BCUT2D eigenvalue weighted by Crippen LogP contribution is -2.38. The van der Waals surface area contributed by atoms with Crippen LogP contribution in [-0.4, -0.2) is 38.6 Å². The lowest BCUT2D eigenvalue weighted by molar-refractivity contribution is -0.136. The molecule has 1 amide bonds. The van der Waals surface area contributed by atoms with Crippen LogP contribution in [-0.2, 0) is 11.3 Å². The molecule has 136 valence electrons. The van der Waals surface area contributed by atoms with Crippen LogP contribution in [0.4, 0.5) is 0 Å². The van der Waals surface area contributed by atoms with Crippen LogP contribution < -0.4 is 5.56 Å². The molecule has 2 aromatic rings. The van der Waals surface area contributed by atoms with E-state index in [0.29, 0.717) is 23.3 Å². The number of hydrogen-bond acceptors (Lipinski definition) is 4. The SMILES string of the molecule is O=C(C1CC=CC1)N1CCCC1c1nc2ccccc2c(=O)n1CCO. The van der Waals surface area contributed by atoms with Crippen LogP contribution >= 0.6 is 0 Å². The molecule has 0 saturated carbocycles. The standard InChI is InChI=1S/C20H23N3O3/c24-13-12-23-18(21-16-9-4-3-8-15(16)20(23)26)17-10-5-11-22(17)19(25)14-6-1-2-7-14/h1-4,8-9,14,17,24H,5-7,10-13H2. The van der Waals surface area contributed by atoms with Crippen LogP contribution in [0, 0.1) is 5.92 Å². The maximum Gasteiger partial charge on any atom is 0.261 e. The van der Waals surface area contributed by atoms with Crippen molar-refractivity contribution in [1.29, 1.82) is 0 Å². The minimum absolute atomic E-state index is 0.00840. The van der Waals surface area contributed by atoms with E-state index in [9.17, 15) is 14.7 Å². The predicted octanol–water partition coefficient (Wildman–Crippen LogP) is 2.02. The van der Waals surface area contributed by atoms with Gasteiger partial charge in [0.15, 0.2) is 0 Å². The lowest BCUT2D eigenvalue weighted by atomic mass is 10.0. The zero-order valence-corrected chi connectivity index (χ0v) is 14.7. The molecule has 4 rings (SSSR count). The molecule has 1 aromatic carbocycles. The lowest BCUT2D eigenvalue weighted by Gasteiger charge is -2.28. The number of fused-ring (bicyclic) bond motifs is 1. The Kier molecular flexibility index (Phi) is 4.59. The summed E-state index contributed by atoms with van der Waals surface area (Å²) in [6, 6.07) is 7.05. The molecule has 2 aliphatic rings. The molecule has 1 atom stereocenters. The molecule has 26 heavy (non-hydrogen) atoms. The highest BCUT2D eigenvalue weighted by atomic mass is 16.3. The van der Waals surface area contributed by atoms with Gasteiger partial charge in [0.1, 0.15) is 5.82 Å². The van der Waals surface area contributed by atoms with E-state index in [-0.39, 0.29) is 36.6 Å². The molecular formula is C20H23N3O3. The van der Waals surface area contributed by atoms with Crippen molar-refractivity contribution in [2.75, 3.05) is 13.2 Å². The van der Waals surface area contributed by atoms with Gasteiger partial charge in [-0.15, -0.1) is 0 Å². The summed E-state index contributed by atoms with van der Waals surface area (Å²) in [6.45, 7) is 0.747. The number of rotatable bonds is 4. The average Bonchev–Trinajstić information content (AvgIpc) is 3.35. The van der Waals surface area contributed by atoms with E-state index < -0.39 is 0 Å². The number of benzene rings is 1. The van der Waals surface area contributed by atoms with Crippen molar-refractivity contribution in [1.82, 2.24) is 14.5 Å². The summed E-state index contributed by atoms with van der Waals surface area (Å²) in [5.41, 5.74) is 0.491. The summed E-state index contributed by atoms with van der Waals surface area (Å²) in [5, 5.41) is 10.00. The van der Waals surface area contributed by atoms with E-state index in [1.807, 2.05) is 23.1 Å². The van der Waals surface area contributed by atoms with Gasteiger partial charge in [-0.1, -0.05) is 24.3 Å². The van der Waals surface area contributed by atoms with Crippen LogP contribution in [0.2, 0.25) is 0 Å². The number of hydrogen-bond donors (Lipinski definition) is 1. The van der Waals surface area contributed by atoms with Gasteiger partial charge in [0.05, 0.1) is 30.1 Å². The number of aliphatic hydroxyl groups is 1. The average molecular weight is 353 g/mol. The fourth-order valence-corrected chi connectivity index (χ4v) is 4.11. The Balaban J connectivity index is 1.77. The molecule has 2 heterocycles. The number of nitrogens with zero attached hydrogens (tertiary/aromatic N) is 3. The summed E-state index contributed by atoms with van der Waals surface area (Å²) in [7, 11) is 0. The van der Waals surface area contributed by atoms with Gasteiger partial charge in [0, 0.05) is 12.5 Å². The van der Waals surface area contributed by atoms with Crippen molar-refractivity contribution in [3.05, 3.63) is 52.6 Å². The van der Waals surface area contributed by atoms with E-state index >= 15 is 0 Å². The summed E-state index contributed by atoms with van der Waals surface area (Å²) in [5.74, 6) is 0.754. The molecular weight excluding hydrogens is 330 g/mol. The van der Waals surface area contributed by atoms with Gasteiger partial charge in [-0.3, -0.25) is 14.2 Å². The Morgan fingerprint density at radius 1 is 1.23 bits per heavy atom. The summed E-state index contributed by atoms with van der Waals surface area (Å²) in [6.07, 6.45) is 7.39. The Morgan fingerprint density at radius 2 is 2.00 bits per heavy atom. The van der Waals surface area contributed by atoms with Gasteiger partial charge in [-0.25, -0.2) is 4.98 Å². The largest absolute Gasteiger partial charge is 0.395 e. The smallest absolute Gasteiger partial charge is 0.261 e. The topological polar surface area (TPSA) is 75.4 Å². The molecule has 1 saturated heterocycles. The highest BCUT2D eigenvalue weighted by Crippen LogP contribution is 2.34. The highest BCUT2D eigenvalue weighted by Gasteiger charge is 2.36. The van der Waals surface area contributed by atoms with E-state index in [2.05, 4.69) is 12.2 Å². The van der Waals surface area contributed by atoms with Crippen LogP contribution in [0.1, 0.15) is 37.5 Å². The first-order valence-electron chi connectivity index (χ1n) is 9.26. The van der Waals surface area contributed by atoms with Gasteiger partial charge in [-0.05, 0) is 37.8 Å². The molecule has 1 fully saturated rings. The molecule has 6 heteroatoms. The van der Waals surface area contributed by atoms with E-state index in [4.69, 9.17) is 4.98 Å². The van der Waals surface area contributed by atoms with Crippen molar-refractivity contribution < 1.29 is 9.90 Å². The molecule has 0 spiro atoms. The van der Waals surface area contributed by atoms with Crippen molar-refractivity contribution >= 4 is 16.8 Å². The second kappa shape index (κ2) is 7.03. The number of aliphatic hydroxyl groups excluding tert-OH is 1. The van der Waals surface area contributed by atoms with E-state index in [1.165, 1.54) is 0 Å². The Hall–Kier alpha value is -2.47. The van der Waals surface area contributed by atoms with E-state index in [1.54, 1.807) is 10.6 Å². The van der Waals surface area contributed by atoms with Crippen LogP contribution in [0.3, 0.4) is 0 Å². The van der Waals surface area contributed by atoms with Gasteiger partial charge in [0.25, 0.3) is 5.56 Å². The molecule has 0 bridgehead atoms. The second-order valence-corrected chi connectivity index (χ2v) is 7.00. The highest BCUT2D eigenvalue weighted by molar-refractivity contribution is 5.81. The fraction of sp³-hybridized carbons (Fsp3) is 0.450. The molecule has 1 N–H and O–H groups in total. The van der Waals surface area contributed by atoms with Crippen molar-refractivity contribution in [2.24, 2.45) is 5.92 Å². The predicted molar refractivity (Wildman–Crippen MR) is 98.6 cm³/mol. The number of carbonyl (C=O) groups excluding carboxylic acids is 1. The van der Waals surface area contributed by atoms with Crippen molar-refractivity contribution in [3.8, 4) is 0 Å².